The fourth-order valence-corrected chi connectivity index (χ4v) is 4.41. The molecule has 1 aliphatic rings. The van der Waals surface area contributed by atoms with Crippen molar-refractivity contribution in [3.63, 3.8) is 0 Å². The molecule has 0 N–H and O–H groups in total. The van der Waals surface area contributed by atoms with Crippen LogP contribution in [0.4, 0.5) is 0 Å². The van der Waals surface area contributed by atoms with Crippen molar-refractivity contribution in [2.75, 3.05) is 33.4 Å². The molecule has 0 amide bonds. The first-order valence-electron chi connectivity index (χ1n) is 12.0. The first kappa shape index (κ1) is 24.0. The van der Waals surface area contributed by atoms with Gasteiger partial charge in [-0.25, -0.2) is 4.79 Å². The maximum absolute atomic E-state index is 11.9. The molecule has 0 bridgehead atoms. The molecule has 1 saturated heterocycles. The van der Waals surface area contributed by atoms with Crippen molar-refractivity contribution in [2.24, 2.45) is 0 Å². The van der Waals surface area contributed by atoms with Gasteiger partial charge in [0.2, 0.25) is 0 Å². The van der Waals surface area contributed by atoms with Gasteiger partial charge >= 0.3 is 5.97 Å². The molecule has 178 valence electrons. The minimum atomic E-state index is -0.373. The number of rotatable bonds is 10. The number of likely N-dealkylation sites (tertiary alicyclic amines) is 1. The van der Waals surface area contributed by atoms with Crippen LogP contribution in [-0.4, -0.2) is 50.3 Å². The van der Waals surface area contributed by atoms with Crippen LogP contribution in [0.1, 0.15) is 46.9 Å². The van der Waals surface area contributed by atoms with Gasteiger partial charge < -0.3 is 19.1 Å². The van der Waals surface area contributed by atoms with Gasteiger partial charge in [0.1, 0.15) is 17.4 Å². The zero-order chi connectivity index (χ0) is 23.6. The van der Waals surface area contributed by atoms with Crippen LogP contribution in [0.3, 0.4) is 0 Å². The highest BCUT2D eigenvalue weighted by Gasteiger charge is 2.24. The van der Waals surface area contributed by atoms with Crippen LogP contribution in [0.5, 0.6) is 5.75 Å². The average Bonchev–Trinajstić information content (AvgIpc) is 2.91. The maximum atomic E-state index is 11.9. The van der Waals surface area contributed by atoms with Crippen LogP contribution in [0.25, 0.3) is 0 Å². The Kier molecular flexibility index (Phi) is 8.71. The zero-order valence-electron chi connectivity index (χ0n) is 19.8. The van der Waals surface area contributed by atoms with Crippen LogP contribution in [0.2, 0.25) is 0 Å². The SMILES string of the molecule is COC(=O)c1ccccc1OCCCN1CCC(OC(c2ccccc2)c2ccccc2)CC1. The molecule has 1 aliphatic heterocycles. The topological polar surface area (TPSA) is 48.0 Å². The molecule has 5 heteroatoms. The molecule has 0 aliphatic carbocycles. The highest BCUT2D eigenvalue weighted by Crippen LogP contribution is 2.30. The highest BCUT2D eigenvalue weighted by atomic mass is 16.5. The summed E-state index contributed by atoms with van der Waals surface area (Å²) in [4.78, 5) is 14.3. The monoisotopic (exact) mass is 459 g/mol. The number of para-hydroxylation sites is 1. The van der Waals surface area contributed by atoms with E-state index in [-0.39, 0.29) is 18.2 Å². The average molecular weight is 460 g/mol. The van der Waals surface area contributed by atoms with Crippen LogP contribution in [-0.2, 0) is 9.47 Å². The highest BCUT2D eigenvalue weighted by molar-refractivity contribution is 5.92. The lowest BCUT2D eigenvalue weighted by molar-refractivity contribution is -0.0273. The van der Waals surface area contributed by atoms with Gasteiger partial charge in [-0.15, -0.1) is 0 Å². The molecule has 3 aromatic carbocycles. The van der Waals surface area contributed by atoms with Crippen molar-refractivity contribution < 1.29 is 19.0 Å². The molecule has 3 aromatic rings. The Bertz CT molecular complexity index is 977. The molecule has 0 atom stereocenters. The fourth-order valence-electron chi connectivity index (χ4n) is 4.41. The van der Waals surface area contributed by atoms with E-state index in [0.717, 1.165) is 38.9 Å². The maximum Gasteiger partial charge on any atom is 0.341 e. The Balaban J connectivity index is 1.24. The number of nitrogens with zero attached hydrogens (tertiary/aromatic N) is 1. The minimum Gasteiger partial charge on any atom is -0.493 e. The van der Waals surface area contributed by atoms with Gasteiger partial charge in [0.05, 0.1) is 19.8 Å². The van der Waals surface area contributed by atoms with Crippen LogP contribution in [0.15, 0.2) is 84.9 Å². The van der Waals surface area contributed by atoms with Gasteiger partial charge in [0.15, 0.2) is 0 Å². The number of carbonyl (C=O) groups excluding carboxylic acids is 1. The van der Waals surface area contributed by atoms with E-state index in [2.05, 4.69) is 53.4 Å². The Labute approximate surface area is 202 Å². The summed E-state index contributed by atoms with van der Waals surface area (Å²) in [6.07, 6.45) is 3.13. The second-order valence-electron chi connectivity index (χ2n) is 8.57. The van der Waals surface area contributed by atoms with Gasteiger partial charge in [0.25, 0.3) is 0 Å². The van der Waals surface area contributed by atoms with Crippen molar-refractivity contribution in [1.82, 2.24) is 4.90 Å². The van der Waals surface area contributed by atoms with E-state index in [1.165, 1.54) is 18.2 Å². The third-order valence-electron chi connectivity index (χ3n) is 6.24. The van der Waals surface area contributed by atoms with E-state index >= 15 is 0 Å². The normalized spacial score (nSPS) is 14.8. The molecule has 0 radical (unpaired) electrons. The van der Waals surface area contributed by atoms with E-state index < -0.39 is 0 Å². The minimum absolute atomic E-state index is 0.0396. The first-order chi connectivity index (χ1) is 16.7. The number of ether oxygens (including phenoxy) is 3. The van der Waals surface area contributed by atoms with Gasteiger partial charge in [-0.1, -0.05) is 72.8 Å². The number of hydrogen-bond acceptors (Lipinski definition) is 5. The van der Waals surface area contributed by atoms with Crippen molar-refractivity contribution in [3.05, 3.63) is 102 Å². The van der Waals surface area contributed by atoms with E-state index in [1.807, 2.05) is 30.3 Å². The first-order valence-corrected chi connectivity index (χ1v) is 12.0. The summed E-state index contributed by atoms with van der Waals surface area (Å²) in [7, 11) is 1.38. The summed E-state index contributed by atoms with van der Waals surface area (Å²) in [5.74, 6) is 0.205. The van der Waals surface area contributed by atoms with Gasteiger partial charge in [0, 0.05) is 19.6 Å². The van der Waals surface area contributed by atoms with Gasteiger partial charge in [-0.3, -0.25) is 0 Å². The quantitative estimate of drug-likeness (QED) is 0.295. The summed E-state index contributed by atoms with van der Waals surface area (Å²) in [6.45, 7) is 3.56. The Morgan fingerprint density at radius 2 is 1.47 bits per heavy atom. The second kappa shape index (κ2) is 12.4. The summed E-state index contributed by atoms with van der Waals surface area (Å²) in [5.41, 5.74) is 2.86. The van der Waals surface area contributed by atoms with E-state index in [0.29, 0.717) is 17.9 Å². The lowest BCUT2D eigenvalue weighted by atomic mass is 10.00. The summed E-state index contributed by atoms with van der Waals surface area (Å²) >= 11 is 0. The molecular weight excluding hydrogens is 426 g/mol. The number of piperidine rings is 1. The molecule has 4 rings (SSSR count). The fraction of sp³-hybridized carbons (Fsp3) is 0.345. The molecule has 1 fully saturated rings. The van der Waals surface area contributed by atoms with Crippen molar-refractivity contribution in [3.8, 4) is 5.75 Å². The van der Waals surface area contributed by atoms with Gasteiger partial charge in [-0.05, 0) is 42.5 Å². The summed E-state index contributed by atoms with van der Waals surface area (Å²) in [5, 5.41) is 0. The van der Waals surface area contributed by atoms with Gasteiger partial charge in [-0.2, -0.15) is 0 Å². The zero-order valence-corrected chi connectivity index (χ0v) is 19.8. The molecule has 0 spiro atoms. The number of hydrogen-bond donors (Lipinski definition) is 0. The molecule has 1 heterocycles. The predicted octanol–water partition coefficient (Wildman–Crippen LogP) is 5.51. The molecule has 5 nitrogen and oxygen atoms in total. The smallest absolute Gasteiger partial charge is 0.341 e. The standard InChI is InChI=1S/C29H33NO4/c1-32-29(31)26-15-8-9-16-27(26)33-22-10-19-30-20-17-25(18-21-30)34-28(23-11-4-2-5-12-23)24-13-6-3-7-14-24/h2-9,11-16,25,28H,10,17-22H2,1H3. The largest absolute Gasteiger partial charge is 0.493 e. The molecule has 0 unspecified atom stereocenters. The number of carbonyl (C=O) groups is 1. The number of methoxy groups -OCH3 is 1. The van der Waals surface area contributed by atoms with E-state index in [9.17, 15) is 4.79 Å². The Morgan fingerprint density at radius 3 is 2.09 bits per heavy atom. The second-order valence-corrected chi connectivity index (χ2v) is 8.57. The van der Waals surface area contributed by atoms with Crippen LogP contribution >= 0.6 is 0 Å². The summed E-state index contributed by atoms with van der Waals surface area (Å²) < 4.78 is 17.4. The molecule has 0 saturated carbocycles. The van der Waals surface area contributed by atoms with Crippen LogP contribution in [0, 0.1) is 0 Å². The molecule has 0 aromatic heterocycles. The molecule has 34 heavy (non-hydrogen) atoms. The van der Waals surface area contributed by atoms with E-state index in [1.54, 1.807) is 6.07 Å². The lowest BCUT2D eigenvalue weighted by Gasteiger charge is -2.34. The third-order valence-corrected chi connectivity index (χ3v) is 6.24. The third kappa shape index (κ3) is 6.46. The van der Waals surface area contributed by atoms with E-state index in [4.69, 9.17) is 14.2 Å². The van der Waals surface area contributed by atoms with Crippen LogP contribution < -0.4 is 4.74 Å². The van der Waals surface area contributed by atoms with Crippen molar-refractivity contribution in [2.45, 2.75) is 31.5 Å². The Morgan fingerprint density at radius 1 is 0.882 bits per heavy atom. The Hall–Kier alpha value is -3.15. The number of benzene rings is 3. The summed E-state index contributed by atoms with van der Waals surface area (Å²) in [6, 6.07) is 28.2. The lowest BCUT2D eigenvalue weighted by Crippen LogP contribution is -2.38. The molecular formula is C29H33NO4. The van der Waals surface area contributed by atoms with Crippen molar-refractivity contribution in [1.29, 1.82) is 0 Å². The number of esters is 1. The van der Waals surface area contributed by atoms with Crippen molar-refractivity contribution >= 4 is 5.97 Å². The predicted molar refractivity (Wildman–Crippen MR) is 133 cm³/mol.